The first-order chi connectivity index (χ1) is 12.0. The highest BCUT2D eigenvalue weighted by atomic mass is 32.2. The fourth-order valence-electron chi connectivity index (χ4n) is 2.95. The van der Waals surface area contributed by atoms with Crippen LogP contribution in [-0.2, 0) is 28.0 Å². The van der Waals surface area contributed by atoms with Gasteiger partial charge in [0.15, 0.2) is 0 Å². The molecule has 0 spiro atoms. The van der Waals surface area contributed by atoms with E-state index >= 15 is 0 Å². The monoisotopic (exact) mass is 360 g/mol. The number of fused-ring (bicyclic) bond motifs is 1. The lowest BCUT2D eigenvalue weighted by atomic mass is 10.0. The summed E-state index contributed by atoms with van der Waals surface area (Å²) in [5.41, 5.74) is 2.68. The summed E-state index contributed by atoms with van der Waals surface area (Å²) in [6, 6.07) is 14.1. The maximum atomic E-state index is 12.7. The lowest BCUT2D eigenvalue weighted by Gasteiger charge is -2.30. The number of ether oxygens (including phenoxy) is 1. The highest BCUT2D eigenvalue weighted by molar-refractivity contribution is 7.91. The predicted octanol–water partition coefficient (Wildman–Crippen LogP) is 2.26. The number of benzene rings is 2. The molecule has 0 radical (unpaired) electrons. The van der Waals surface area contributed by atoms with Crippen LogP contribution in [0.1, 0.15) is 27.9 Å². The predicted molar refractivity (Wildman–Crippen MR) is 95.7 cm³/mol. The van der Waals surface area contributed by atoms with Gasteiger partial charge in [0.2, 0.25) is 0 Å². The van der Waals surface area contributed by atoms with Gasteiger partial charge in [0.25, 0.3) is 5.91 Å². The minimum atomic E-state index is -3.97. The molecule has 1 aliphatic heterocycles. The number of para-hydroxylation sites is 1. The van der Waals surface area contributed by atoms with E-state index in [4.69, 9.17) is 4.74 Å². The van der Waals surface area contributed by atoms with Crippen molar-refractivity contribution >= 4 is 21.8 Å². The second-order valence-electron chi connectivity index (χ2n) is 5.87. The number of aryl methyl sites for hydroxylation is 1. The molecule has 132 valence electrons. The summed E-state index contributed by atoms with van der Waals surface area (Å²) in [4.78, 5) is 12.4. The fraction of sp³-hybridized carbons (Fsp3) is 0.278. The number of nitrogens with one attached hydrogen (secondary N) is 1. The van der Waals surface area contributed by atoms with Gasteiger partial charge in [-0.3, -0.25) is 9.10 Å². The zero-order valence-corrected chi connectivity index (χ0v) is 14.8. The van der Waals surface area contributed by atoms with Crippen molar-refractivity contribution < 1.29 is 17.9 Å². The van der Waals surface area contributed by atoms with Crippen molar-refractivity contribution in [2.75, 3.05) is 18.0 Å². The zero-order valence-electron chi connectivity index (χ0n) is 13.9. The maximum absolute atomic E-state index is 12.7. The van der Waals surface area contributed by atoms with Crippen molar-refractivity contribution in [2.45, 2.75) is 19.4 Å². The summed E-state index contributed by atoms with van der Waals surface area (Å²) in [6.45, 7) is 0.705. The van der Waals surface area contributed by atoms with Gasteiger partial charge in [-0.05, 0) is 42.2 Å². The minimum absolute atomic E-state index is 0.281. The van der Waals surface area contributed by atoms with Crippen LogP contribution in [0.3, 0.4) is 0 Å². The Morgan fingerprint density at radius 3 is 2.80 bits per heavy atom. The van der Waals surface area contributed by atoms with Crippen LogP contribution in [0, 0.1) is 0 Å². The van der Waals surface area contributed by atoms with E-state index in [9.17, 15) is 13.2 Å². The number of anilines is 1. The number of nitrogens with zero attached hydrogens (tertiary/aromatic N) is 1. The van der Waals surface area contributed by atoms with Crippen molar-refractivity contribution in [1.82, 2.24) is 4.72 Å². The van der Waals surface area contributed by atoms with Gasteiger partial charge in [-0.2, -0.15) is 8.42 Å². The van der Waals surface area contributed by atoms with Gasteiger partial charge in [-0.15, -0.1) is 0 Å². The lowest BCUT2D eigenvalue weighted by Crippen LogP contribution is -2.45. The Morgan fingerprint density at radius 1 is 1.20 bits per heavy atom. The first kappa shape index (κ1) is 17.4. The molecule has 0 bridgehead atoms. The standard InChI is InChI=1S/C18H20N2O4S/c1-24-13-14-6-4-8-16(12-14)18(21)19-25(22,23)20-11-5-9-15-7-2-3-10-17(15)20/h2-4,6-8,10,12H,5,9,11,13H2,1H3,(H,19,21). The molecule has 2 aromatic carbocycles. The Hall–Kier alpha value is -2.38. The molecule has 0 saturated carbocycles. The Morgan fingerprint density at radius 2 is 2.00 bits per heavy atom. The molecule has 1 amide bonds. The third-order valence-corrected chi connectivity index (χ3v) is 5.48. The lowest BCUT2D eigenvalue weighted by molar-refractivity contribution is 0.0981. The van der Waals surface area contributed by atoms with Gasteiger partial charge in [0.1, 0.15) is 0 Å². The molecule has 0 saturated heterocycles. The number of hydrogen-bond acceptors (Lipinski definition) is 4. The summed E-state index contributed by atoms with van der Waals surface area (Å²) in [6.07, 6.45) is 1.55. The van der Waals surface area contributed by atoms with Crippen molar-refractivity contribution in [3.05, 3.63) is 65.2 Å². The van der Waals surface area contributed by atoms with Crippen molar-refractivity contribution in [3.63, 3.8) is 0 Å². The SMILES string of the molecule is COCc1cccc(C(=O)NS(=O)(=O)N2CCCc3ccccc32)c1. The van der Waals surface area contributed by atoms with Crippen LogP contribution in [-0.4, -0.2) is 28.0 Å². The number of hydrogen-bond donors (Lipinski definition) is 1. The molecular formula is C18H20N2O4S. The largest absolute Gasteiger partial charge is 0.380 e. The summed E-state index contributed by atoms with van der Waals surface area (Å²) < 4.78 is 33.9. The molecule has 1 N–H and O–H groups in total. The third-order valence-electron chi connectivity index (χ3n) is 4.08. The number of carbonyl (C=O) groups is 1. The molecule has 0 aromatic heterocycles. The topological polar surface area (TPSA) is 75.7 Å². The molecule has 0 fully saturated rings. The number of methoxy groups -OCH3 is 1. The molecule has 0 unspecified atom stereocenters. The average Bonchev–Trinajstić information content (AvgIpc) is 2.61. The van der Waals surface area contributed by atoms with Gasteiger partial charge in [0, 0.05) is 19.2 Å². The minimum Gasteiger partial charge on any atom is -0.380 e. The molecule has 1 heterocycles. The van der Waals surface area contributed by atoms with Crippen LogP contribution >= 0.6 is 0 Å². The molecule has 3 rings (SSSR count). The van der Waals surface area contributed by atoms with Crippen molar-refractivity contribution in [3.8, 4) is 0 Å². The van der Waals surface area contributed by atoms with Crippen LogP contribution in [0.2, 0.25) is 0 Å². The Labute approximate surface area is 147 Å². The first-order valence-corrected chi connectivity index (χ1v) is 9.46. The second-order valence-corrected chi connectivity index (χ2v) is 7.47. The normalized spacial score (nSPS) is 14.0. The van der Waals surface area contributed by atoms with E-state index in [0.717, 1.165) is 24.0 Å². The van der Waals surface area contributed by atoms with E-state index in [1.807, 2.05) is 18.2 Å². The molecular weight excluding hydrogens is 340 g/mol. The van der Waals surface area contributed by atoms with Crippen LogP contribution in [0.25, 0.3) is 0 Å². The van der Waals surface area contributed by atoms with Crippen LogP contribution in [0.5, 0.6) is 0 Å². The quantitative estimate of drug-likeness (QED) is 0.887. The number of carbonyl (C=O) groups excluding carboxylic acids is 1. The maximum Gasteiger partial charge on any atom is 0.326 e. The van der Waals surface area contributed by atoms with Gasteiger partial charge in [-0.25, -0.2) is 4.72 Å². The molecule has 6 nitrogen and oxygen atoms in total. The van der Waals surface area contributed by atoms with Gasteiger partial charge in [-0.1, -0.05) is 30.3 Å². The molecule has 0 atom stereocenters. The fourth-order valence-corrected chi connectivity index (χ4v) is 4.22. The van der Waals surface area contributed by atoms with Gasteiger partial charge in [0.05, 0.1) is 12.3 Å². The first-order valence-electron chi connectivity index (χ1n) is 8.02. The van der Waals surface area contributed by atoms with E-state index in [1.165, 1.54) is 4.31 Å². The van der Waals surface area contributed by atoms with Crippen LogP contribution in [0.15, 0.2) is 48.5 Å². The third kappa shape index (κ3) is 3.83. The highest BCUT2D eigenvalue weighted by Crippen LogP contribution is 2.28. The smallest absolute Gasteiger partial charge is 0.326 e. The summed E-state index contributed by atoms with van der Waals surface area (Å²) in [7, 11) is -2.41. The summed E-state index contributed by atoms with van der Waals surface area (Å²) in [5, 5.41) is 0. The zero-order chi connectivity index (χ0) is 17.9. The molecule has 7 heteroatoms. The summed E-state index contributed by atoms with van der Waals surface area (Å²) in [5.74, 6) is -0.652. The highest BCUT2D eigenvalue weighted by Gasteiger charge is 2.29. The number of rotatable bonds is 5. The molecule has 1 aliphatic rings. The van der Waals surface area contributed by atoms with Crippen molar-refractivity contribution in [2.24, 2.45) is 0 Å². The van der Waals surface area contributed by atoms with Gasteiger partial charge < -0.3 is 4.74 Å². The Bertz CT molecular complexity index is 880. The average molecular weight is 360 g/mol. The van der Waals surface area contributed by atoms with E-state index in [0.29, 0.717) is 18.8 Å². The van der Waals surface area contributed by atoms with E-state index < -0.39 is 16.1 Å². The Kier molecular flexibility index (Phi) is 5.06. The van der Waals surface area contributed by atoms with Crippen LogP contribution in [0.4, 0.5) is 5.69 Å². The van der Waals surface area contributed by atoms with Crippen LogP contribution < -0.4 is 9.03 Å². The Balaban J connectivity index is 1.82. The number of amides is 1. The van der Waals surface area contributed by atoms with Crippen molar-refractivity contribution in [1.29, 1.82) is 0 Å². The van der Waals surface area contributed by atoms with E-state index in [-0.39, 0.29) is 5.56 Å². The van der Waals surface area contributed by atoms with E-state index in [1.54, 1.807) is 37.4 Å². The van der Waals surface area contributed by atoms with Gasteiger partial charge >= 0.3 is 10.2 Å². The van der Waals surface area contributed by atoms with E-state index in [2.05, 4.69) is 4.72 Å². The second kappa shape index (κ2) is 7.25. The molecule has 2 aromatic rings. The molecule has 0 aliphatic carbocycles. The molecule has 25 heavy (non-hydrogen) atoms. The summed E-state index contributed by atoms with van der Waals surface area (Å²) >= 11 is 0.